The van der Waals surface area contributed by atoms with Crippen molar-refractivity contribution in [1.82, 2.24) is 4.98 Å². The van der Waals surface area contributed by atoms with Gasteiger partial charge in [0.1, 0.15) is 0 Å². The van der Waals surface area contributed by atoms with Crippen molar-refractivity contribution < 1.29 is 14.2 Å². The van der Waals surface area contributed by atoms with E-state index in [1.165, 1.54) is 0 Å². The number of nitrogens with two attached hydrogens (primary N) is 1. The molecule has 0 aliphatic rings. The zero-order chi connectivity index (χ0) is 13.9. The molecule has 5 nitrogen and oxygen atoms in total. The summed E-state index contributed by atoms with van der Waals surface area (Å²) in [7, 11) is 1.69. The molecule has 0 saturated carbocycles. The van der Waals surface area contributed by atoms with Gasteiger partial charge in [-0.1, -0.05) is 0 Å². The highest BCUT2D eigenvalue weighted by Crippen LogP contribution is 2.19. The van der Waals surface area contributed by atoms with Crippen LogP contribution in [0.5, 0.6) is 0 Å². The third-order valence-electron chi connectivity index (χ3n) is 2.67. The van der Waals surface area contributed by atoms with E-state index >= 15 is 0 Å². The average molecular weight is 268 g/mol. The highest BCUT2D eigenvalue weighted by atomic mass is 16.5. The second-order valence-corrected chi connectivity index (χ2v) is 4.39. The Labute approximate surface area is 115 Å². The first-order valence-electron chi connectivity index (χ1n) is 6.59. The number of methoxy groups -OCH3 is 1. The Kier molecular flexibility index (Phi) is 8.33. The lowest BCUT2D eigenvalue weighted by molar-refractivity contribution is -0.00766. The van der Waals surface area contributed by atoms with Crippen molar-refractivity contribution in [3.05, 3.63) is 30.1 Å². The summed E-state index contributed by atoms with van der Waals surface area (Å²) >= 11 is 0. The van der Waals surface area contributed by atoms with Gasteiger partial charge in [0.05, 0.1) is 19.3 Å². The lowest BCUT2D eigenvalue weighted by Crippen LogP contribution is -2.28. The Balaban J connectivity index is 2.24. The normalized spacial score (nSPS) is 14.3. The molecule has 0 saturated heterocycles. The van der Waals surface area contributed by atoms with E-state index in [0.717, 1.165) is 18.6 Å². The molecule has 0 amide bonds. The van der Waals surface area contributed by atoms with Gasteiger partial charge in [-0.15, -0.1) is 0 Å². The minimum Gasteiger partial charge on any atom is -0.385 e. The predicted molar refractivity (Wildman–Crippen MR) is 73.9 cm³/mol. The van der Waals surface area contributed by atoms with Crippen LogP contribution in [0.2, 0.25) is 0 Å². The average Bonchev–Trinajstić information content (AvgIpc) is 2.42. The van der Waals surface area contributed by atoms with E-state index < -0.39 is 0 Å². The Bertz CT molecular complexity index is 320. The van der Waals surface area contributed by atoms with E-state index in [-0.39, 0.29) is 12.1 Å². The summed E-state index contributed by atoms with van der Waals surface area (Å²) in [5.41, 5.74) is 6.99. The lowest BCUT2D eigenvalue weighted by atomic mass is 10.1. The van der Waals surface area contributed by atoms with Crippen LogP contribution in [0.4, 0.5) is 0 Å². The summed E-state index contributed by atoms with van der Waals surface area (Å²) < 4.78 is 16.2. The summed E-state index contributed by atoms with van der Waals surface area (Å²) in [5, 5.41) is 0. The summed E-state index contributed by atoms with van der Waals surface area (Å²) in [4.78, 5) is 3.99. The highest BCUT2D eigenvalue weighted by Gasteiger charge is 2.16. The smallest absolute Gasteiger partial charge is 0.0975 e. The zero-order valence-corrected chi connectivity index (χ0v) is 11.7. The van der Waals surface area contributed by atoms with Crippen molar-refractivity contribution in [2.24, 2.45) is 5.73 Å². The fourth-order valence-corrected chi connectivity index (χ4v) is 1.75. The van der Waals surface area contributed by atoms with Crippen LogP contribution >= 0.6 is 0 Å². The molecule has 0 aliphatic heterocycles. The summed E-state index contributed by atoms with van der Waals surface area (Å²) in [5.74, 6) is 0. The molecule has 0 aliphatic carbocycles. The van der Waals surface area contributed by atoms with Crippen LogP contribution in [0.1, 0.15) is 25.0 Å². The summed E-state index contributed by atoms with van der Waals surface area (Å²) in [6.07, 6.45) is 4.27. The Morgan fingerprint density at radius 2 is 1.89 bits per heavy atom. The van der Waals surface area contributed by atoms with E-state index in [1.54, 1.807) is 19.5 Å². The van der Waals surface area contributed by atoms with Crippen molar-refractivity contribution in [3.63, 3.8) is 0 Å². The molecule has 0 fully saturated rings. The molecule has 0 spiro atoms. The van der Waals surface area contributed by atoms with Crippen molar-refractivity contribution in [2.75, 3.05) is 33.5 Å². The Morgan fingerprint density at radius 1 is 1.16 bits per heavy atom. The van der Waals surface area contributed by atoms with Gasteiger partial charge in [0.2, 0.25) is 0 Å². The quantitative estimate of drug-likeness (QED) is 0.652. The molecule has 0 bridgehead atoms. The number of hydrogen-bond acceptors (Lipinski definition) is 5. The van der Waals surface area contributed by atoms with Crippen LogP contribution in [0, 0.1) is 0 Å². The van der Waals surface area contributed by atoms with Gasteiger partial charge in [-0.25, -0.2) is 0 Å². The minimum absolute atomic E-state index is 0.0732. The summed E-state index contributed by atoms with van der Waals surface area (Å²) in [6.45, 7) is 4.44. The highest BCUT2D eigenvalue weighted by molar-refractivity contribution is 5.14. The van der Waals surface area contributed by atoms with Crippen molar-refractivity contribution in [1.29, 1.82) is 0 Å². The third kappa shape index (κ3) is 6.63. The van der Waals surface area contributed by atoms with Crippen LogP contribution in [0.3, 0.4) is 0 Å². The topological polar surface area (TPSA) is 66.6 Å². The number of rotatable bonds is 10. The first kappa shape index (κ1) is 16.0. The van der Waals surface area contributed by atoms with Crippen LogP contribution in [0.15, 0.2) is 24.5 Å². The largest absolute Gasteiger partial charge is 0.385 e. The van der Waals surface area contributed by atoms with Crippen LogP contribution in [0.25, 0.3) is 0 Å². The molecule has 1 aromatic heterocycles. The van der Waals surface area contributed by atoms with Gasteiger partial charge in [0.15, 0.2) is 0 Å². The van der Waals surface area contributed by atoms with Gasteiger partial charge >= 0.3 is 0 Å². The standard InChI is InChI=1S/C14H24N2O3/c1-12(15)14(13-4-6-16-7-5-13)19-11-10-18-9-3-8-17-2/h4-7,12,14H,3,8-11,15H2,1-2H3. The molecule has 1 heterocycles. The van der Waals surface area contributed by atoms with Gasteiger partial charge < -0.3 is 19.9 Å². The van der Waals surface area contributed by atoms with Crippen LogP contribution in [-0.2, 0) is 14.2 Å². The van der Waals surface area contributed by atoms with Crippen LogP contribution in [-0.4, -0.2) is 44.6 Å². The van der Waals surface area contributed by atoms with E-state index in [1.807, 2.05) is 19.1 Å². The van der Waals surface area contributed by atoms with Crippen molar-refractivity contribution >= 4 is 0 Å². The van der Waals surface area contributed by atoms with Crippen molar-refractivity contribution in [3.8, 4) is 0 Å². The molecular formula is C14H24N2O3. The molecule has 19 heavy (non-hydrogen) atoms. The number of ether oxygens (including phenoxy) is 3. The van der Waals surface area contributed by atoms with E-state index in [2.05, 4.69) is 4.98 Å². The SMILES string of the molecule is COCCCOCCOC(c1ccncc1)C(C)N. The second-order valence-electron chi connectivity index (χ2n) is 4.39. The Hall–Kier alpha value is -1.01. The van der Waals surface area contributed by atoms with Crippen LogP contribution < -0.4 is 5.73 Å². The Morgan fingerprint density at radius 3 is 2.53 bits per heavy atom. The number of hydrogen-bond donors (Lipinski definition) is 1. The van der Waals surface area contributed by atoms with Gasteiger partial charge in [-0.05, 0) is 31.0 Å². The molecule has 108 valence electrons. The van der Waals surface area contributed by atoms with E-state index in [4.69, 9.17) is 19.9 Å². The molecule has 0 radical (unpaired) electrons. The number of nitrogens with zero attached hydrogens (tertiary/aromatic N) is 1. The molecule has 5 heteroatoms. The fourth-order valence-electron chi connectivity index (χ4n) is 1.75. The third-order valence-corrected chi connectivity index (χ3v) is 2.67. The van der Waals surface area contributed by atoms with Gasteiger partial charge in [-0.3, -0.25) is 4.98 Å². The molecule has 1 aromatic rings. The molecule has 2 unspecified atom stereocenters. The molecule has 2 N–H and O–H groups in total. The number of pyridine rings is 1. The van der Waals surface area contributed by atoms with Crippen molar-refractivity contribution in [2.45, 2.75) is 25.5 Å². The number of aromatic nitrogens is 1. The predicted octanol–water partition coefficient (Wildman–Crippen LogP) is 1.54. The molecular weight excluding hydrogens is 244 g/mol. The summed E-state index contributed by atoms with van der Waals surface area (Å²) in [6, 6.07) is 3.77. The van der Waals surface area contributed by atoms with Gasteiger partial charge in [0.25, 0.3) is 0 Å². The van der Waals surface area contributed by atoms with E-state index in [9.17, 15) is 0 Å². The maximum Gasteiger partial charge on any atom is 0.0975 e. The zero-order valence-electron chi connectivity index (χ0n) is 11.7. The monoisotopic (exact) mass is 268 g/mol. The van der Waals surface area contributed by atoms with Gasteiger partial charge in [-0.2, -0.15) is 0 Å². The first-order valence-corrected chi connectivity index (χ1v) is 6.59. The minimum atomic E-state index is -0.120. The molecule has 2 atom stereocenters. The lowest BCUT2D eigenvalue weighted by Gasteiger charge is -2.21. The second kappa shape index (κ2) is 9.86. The fraction of sp³-hybridized carbons (Fsp3) is 0.643. The molecule has 1 rings (SSSR count). The van der Waals surface area contributed by atoms with Gasteiger partial charge in [0, 0.05) is 38.8 Å². The van der Waals surface area contributed by atoms with E-state index in [0.29, 0.717) is 19.8 Å². The molecule has 0 aromatic carbocycles. The maximum absolute atomic E-state index is 5.95. The first-order chi connectivity index (χ1) is 9.25. The maximum atomic E-state index is 5.95.